The van der Waals surface area contributed by atoms with Crippen LogP contribution in [0.15, 0.2) is 24.4 Å². The first-order valence-electron chi connectivity index (χ1n) is 11.6. The second-order valence-electron chi connectivity index (χ2n) is 9.49. The van der Waals surface area contributed by atoms with Crippen molar-refractivity contribution < 1.29 is 27.5 Å². The number of nitrogens with zero attached hydrogens (tertiary/aromatic N) is 2. The molecule has 2 amide bonds. The van der Waals surface area contributed by atoms with Crippen LogP contribution in [0, 0.1) is 5.82 Å². The third-order valence-electron chi connectivity index (χ3n) is 7.24. The molecule has 2 fully saturated rings. The van der Waals surface area contributed by atoms with Crippen LogP contribution in [0.1, 0.15) is 31.7 Å². The summed E-state index contributed by atoms with van der Waals surface area (Å²) in [5.74, 6) is -1.66. The van der Waals surface area contributed by atoms with Gasteiger partial charge in [0.25, 0.3) is 0 Å². The Morgan fingerprint density at radius 3 is 2.63 bits per heavy atom. The van der Waals surface area contributed by atoms with E-state index in [1.54, 1.807) is 31.1 Å². The molecule has 2 aliphatic heterocycles. The molecule has 2 aliphatic rings. The maximum atomic E-state index is 13.8. The largest absolute Gasteiger partial charge is 0.391 e. The maximum Gasteiger partial charge on any atom is 0.248 e. The van der Waals surface area contributed by atoms with Crippen LogP contribution in [0.5, 0.6) is 0 Å². The Morgan fingerprint density at radius 2 is 2.00 bits per heavy atom. The highest BCUT2D eigenvalue weighted by Gasteiger charge is 2.54. The molecule has 2 saturated heterocycles. The minimum atomic E-state index is -3.56. The molecule has 10 nitrogen and oxygen atoms in total. The number of amides is 2. The molecule has 1 aromatic carbocycles. The van der Waals surface area contributed by atoms with E-state index in [2.05, 4.69) is 15.6 Å². The molecule has 0 aliphatic carbocycles. The number of aromatic nitrogens is 1. The van der Waals surface area contributed by atoms with E-state index in [-0.39, 0.29) is 19.0 Å². The third-order valence-corrected chi connectivity index (χ3v) is 8.51. The number of carbonyl (C=O) groups is 2. The Kier molecular flexibility index (Phi) is 6.93. The number of hydrogen-bond donors (Lipinski definition) is 4. The van der Waals surface area contributed by atoms with E-state index in [0.29, 0.717) is 11.9 Å². The van der Waals surface area contributed by atoms with Gasteiger partial charge in [-0.1, -0.05) is 0 Å². The van der Waals surface area contributed by atoms with Gasteiger partial charge in [-0.05, 0) is 51.1 Å². The van der Waals surface area contributed by atoms with Gasteiger partial charge in [0.05, 0.1) is 24.4 Å². The lowest BCUT2D eigenvalue weighted by molar-refractivity contribution is -0.140. The van der Waals surface area contributed by atoms with Gasteiger partial charge in [0.15, 0.2) is 0 Å². The van der Waals surface area contributed by atoms with Gasteiger partial charge in [-0.25, -0.2) is 12.8 Å². The number of benzene rings is 1. The second kappa shape index (κ2) is 9.49. The van der Waals surface area contributed by atoms with E-state index in [9.17, 15) is 27.5 Å². The van der Waals surface area contributed by atoms with E-state index < -0.39 is 57.9 Å². The molecule has 4 rings (SSSR count). The zero-order valence-corrected chi connectivity index (χ0v) is 21.0. The van der Waals surface area contributed by atoms with Gasteiger partial charge in [0.2, 0.25) is 21.8 Å². The molecule has 1 unspecified atom stereocenters. The number of likely N-dealkylation sites (tertiary alicyclic amines) is 1. The van der Waals surface area contributed by atoms with Gasteiger partial charge in [0.1, 0.15) is 11.9 Å². The zero-order chi connectivity index (χ0) is 25.7. The number of likely N-dealkylation sites (N-methyl/N-ethyl adjacent to an activating group) is 1. The number of fused-ring (bicyclic) bond motifs is 2. The molecule has 4 N–H and O–H groups in total. The fourth-order valence-electron chi connectivity index (χ4n) is 5.36. The molecule has 35 heavy (non-hydrogen) atoms. The second-order valence-corrected chi connectivity index (χ2v) is 11.4. The van der Waals surface area contributed by atoms with Gasteiger partial charge in [-0.15, -0.1) is 0 Å². The van der Waals surface area contributed by atoms with Crippen LogP contribution in [0.2, 0.25) is 0 Å². The summed E-state index contributed by atoms with van der Waals surface area (Å²) in [5.41, 5.74) is 1.38. The van der Waals surface area contributed by atoms with Crippen LogP contribution in [0.3, 0.4) is 0 Å². The number of hydrogen-bond acceptors (Lipinski definition) is 6. The molecular formula is C23H32FN5O5S. The van der Waals surface area contributed by atoms with E-state index >= 15 is 0 Å². The zero-order valence-electron chi connectivity index (χ0n) is 20.2. The monoisotopic (exact) mass is 509 g/mol. The van der Waals surface area contributed by atoms with Crippen molar-refractivity contribution >= 4 is 32.7 Å². The molecule has 192 valence electrons. The smallest absolute Gasteiger partial charge is 0.248 e. The molecule has 3 heterocycles. The van der Waals surface area contributed by atoms with Crippen LogP contribution >= 0.6 is 0 Å². The van der Waals surface area contributed by atoms with E-state index in [1.807, 2.05) is 0 Å². The number of H-pyrrole nitrogens is 1. The number of aromatic amines is 1. The number of aliphatic hydroxyl groups is 1. The summed E-state index contributed by atoms with van der Waals surface area (Å²) in [4.78, 5) is 30.8. The average Bonchev–Trinajstić information content (AvgIpc) is 3.49. The summed E-state index contributed by atoms with van der Waals surface area (Å²) in [6.07, 6.45) is 2.17. The van der Waals surface area contributed by atoms with Crippen molar-refractivity contribution in [3.63, 3.8) is 0 Å². The van der Waals surface area contributed by atoms with Crippen molar-refractivity contribution in [2.45, 2.75) is 56.5 Å². The van der Waals surface area contributed by atoms with Gasteiger partial charge in [0, 0.05) is 42.1 Å². The lowest BCUT2D eigenvalue weighted by Crippen LogP contribution is -2.58. The predicted molar refractivity (Wildman–Crippen MR) is 129 cm³/mol. The fourth-order valence-corrected chi connectivity index (χ4v) is 6.51. The van der Waals surface area contributed by atoms with Crippen molar-refractivity contribution in [2.24, 2.45) is 0 Å². The minimum Gasteiger partial charge on any atom is -0.391 e. The van der Waals surface area contributed by atoms with Gasteiger partial charge in [-0.2, -0.15) is 4.31 Å². The van der Waals surface area contributed by atoms with Gasteiger partial charge >= 0.3 is 0 Å². The van der Waals surface area contributed by atoms with Crippen molar-refractivity contribution in [1.29, 1.82) is 0 Å². The summed E-state index contributed by atoms with van der Waals surface area (Å²) >= 11 is 0. The molecule has 0 bridgehead atoms. The van der Waals surface area contributed by atoms with Crippen molar-refractivity contribution in [3.8, 4) is 0 Å². The highest BCUT2D eigenvalue weighted by molar-refractivity contribution is 7.88. The first-order valence-corrected chi connectivity index (χ1v) is 13.5. The number of halogens is 1. The Hall–Kier alpha value is -2.54. The summed E-state index contributed by atoms with van der Waals surface area (Å²) in [7, 11) is -1.95. The van der Waals surface area contributed by atoms with Crippen molar-refractivity contribution in [2.75, 3.05) is 26.4 Å². The number of sulfonamides is 1. The standard InChI is InChI=1S/C23H32FN5O5S/c1-12(25-3)22(31)27-20(13(2)30)23(32)28-8-7-19-21(28)17(11-29(19)35(4,33)34)16-10-26-18-9-14(24)5-6-15(16)18/h5-6,9-10,12-13,17,19-21,25-26,30H,7-8,11H2,1-4H3,(H,27,31)/t12-,13?,17+,19+,20-,21+/m0/s1. The van der Waals surface area contributed by atoms with Crippen LogP contribution in [-0.2, 0) is 19.6 Å². The molecular weight excluding hydrogens is 477 g/mol. The Morgan fingerprint density at radius 1 is 1.29 bits per heavy atom. The lowest BCUT2D eigenvalue weighted by Gasteiger charge is -2.33. The lowest BCUT2D eigenvalue weighted by atomic mass is 9.91. The Bertz CT molecular complexity index is 1230. The highest BCUT2D eigenvalue weighted by Crippen LogP contribution is 2.44. The molecule has 12 heteroatoms. The summed E-state index contributed by atoms with van der Waals surface area (Å²) in [5, 5.41) is 16.5. The van der Waals surface area contributed by atoms with Crippen molar-refractivity contribution in [3.05, 3.63) is 35.8 Å². The van der Waals surface area contributed by atoms with Crippen molar-refractivity contribution in [1.82, 2.24) is 24.8 Å². The fraction of sp³-hybridized carbons (Fsp3) is 0.565. The Labute approximate surface area is 203 Å². The SMILES string of the molecule is CN[C@@H](C)C(=O)N[C@H](C(=O)N1CC[C@@H]2[C@H]1[C@@H](c1c[nH]c3cc(F)ccc13)CN2S(C)(=O)=O)C(C)O. The molecule has 1 aromatic heterocycles. The summed E-state index contributed by atoms with van der Waals surface area (Å²) in [6.45, 7) is 3.53. The van der Waals surface area contributed by atoms with E-state index in [1.165, 1.54) is 23.4 Å². The first-order chi connectivity index (χ1) is 16.4. The topological polar surface area (TPSA) is 135 Å². The Balaban J connectivity index is 1.71. The first kappa shape index (κ1) is 25.5. The summed E-state index contributed by atoms with van der Waals surface area (Å²) in [6, 6.07) is 1.68. The number of carbonyl (C=O) groups excluding carboxylic acids is 2. The van der Waals surface area contributed by atoms with Gasteiger partial charge in [-0.3, -0.25) is 9.59 Å². The predicted octanol–water partition coefficient (Wildman–Crippen LogP) is 0.109. The van der Waals surface area contributed by atoms with E-state index in [0.717, 1.165) is 17.2 Å². The van der Waals surface area contributed by atoms with Crippen LogP contribution in [-0.4, -0.2) is 96.2 Å². The third kappa shape index (κ3) is 4.67. The minimum absolute atomic E-state index is 0.171. The molecule has 0 spiro atoms. The molecule has 6 atom stereocenters. The molecule has 0 saturated carbocycles. The van der Waals surface area contributed by atoms with Crippen LogP contribution in [0.4, 0.5) is 4.39 Å². The average molecular weight is 510 g/mol. The van der Waals surface area contributed by atoms with Crippen LogP contribution < -0.4 is 10.6 Å². The number of rotatable bonds is 7. The van der Waals surface area contributed by atoms with Crippen LogP contribution in [0.25, 0.3) is 10.9 Å². The molecule has 2 aromatic rings. The summed E-state index contributed by atoms with van der Waals surface area (Å²) < 4.78 is 40.4. The highest BCUT2D eigenvalue weighted by atomic mass is 32.2. The quantitative estimate of drug-likeness (QED) is 0.419. The normalized spacial score (nSPS) is 25.4. The number of nitrogens with one attached hydrogen (secondary N) is 3. The van der Waals surface area contributed by atoms with Gasteiger partial charge < -0.3 is 25.6 Å². The molecule has 0 radical (unpaired) electrons. The number of aliphatic hydroxyl groups excluding tert-OH is 1. The van der Waals surface area contributed by atoms with E-state index in [4.69, 9.17) is 0 Å². The maximum absolute atomic E-state index is 13.8.